The molecule has 1 unspecified atom stereocenters. The molecule has 0 heterocycles. The molecule has 0 spiro atoms. The second kappa shape index (κ2) is 7.84. The average molecular weight is 281 g/mol. The van der Waals surface area contributed by atoms with Crippen LogP contribution in [0.25, 0.3) is 0 Å². The molecule has 0 fully saturated rings. The third-order valence-electron chi connectivity index (χ3n) is 2.85. The van der Waals surface area contributed by atoms with Gasteiger partial charge in [0.1, 0.15) is 5.25 Å². The first-order valence-corrected chi connectivity index (χ1v) is 7.21. The van der Waals surface area contributed by atoms with Crippen molar-refractivity contribution in [2.75, 3.05) is 19.3 Å². The lowest BCUT2D eigenvalue weighted by molar-refractivity contribution is -0.136. The summed E-state index contributed by atoms with van der Waals surface area (Å²) in [7, 11) is 1.72. The molecule has 1 aromatic rings. The van der Waals surface area contributed by atoms with Gasteiger partial charge in [-0.15, -0.1) is 11.8 Å². The second-order valence-corrected chi connectivity index (χ2v) is 5.43. The minimum Gasteiger partial charge on any atom is -0.480 e. The smallest absolute Gasteiger partial charge is 0.316 e. The third kappa shape index (κ3) is 5.34. The van der Waals surface area contributed by atoms with Crippen LogP contribution < -0.4 is 0 Å². The Morgan fingerprint density at radius 2 is 1.95 bits per heavy atom. The summed E-state index contributed by atoms with van der Waals surface area (Å²) >= 11 is 1.19. The summed E-state index contributed by atoms with van der Waals surface area (Å²) in [5.74, 6) is -0.707. The Morgan fingerprint density at radius 1 is 1.32 bits per heavy atom. The lowest BCUT2D eigenvalue weighted by Crippen LogP contribution is -2.30. The summed E-state index contributed by atoms with van der Waals surface area (Å²) in [6.45, 7) is 2.52. The minimum atomic E-state index is -0.874. The maximum Gasteiger partial charge on any atom is 0.316 e. The van der Waals surface area contributed by atoms with Crippen LogP contribution in [0, 0.1) is 0 Å². The highest BCUT2D eigenvalue weighted by Crippen LogP contribution is 2.17. The predicted molar refractivity (Wildman–Crippen MR) is 77.3 cm³/mol. The first-order valence-electron chi connectivity index (χ1n) is 6.17. The van der Waals surface area contributed by atoms with Crippen LogP contribution in [0.2, 0.25) is 0 Å². The summed E-state index contributed by atoms with van der Waals surface area (Å²) in [5, 5.41) is 8.61. The zero-order valence-electron chi connectivity index (χ0n) is 11.2. The Morgan fingerprint density at radius 3 is 2.47 bits per heavy atom. The molecule has 1 atom stereocenters. The lowest BCUT2D eigenvalue weighted by Gasteiger charge is -2.16. The van der Waals surface area contributed by atoms with Crippen molar-refractivity contribution in [1.82, 2.24) is 4.90 Å². The van der Waals surface area contributed by atoms with Crippen LogP contribution in [-0.2, 0) is 16.0 Å². The van der Waals surface area contributed by atoms with Gasteiger partial charge < -0.3 is 10.0 Å². The number of carbonyl (C=O) groups excluding carboxylic acids is 1. The van der Waals surface area contributed by atoms with Gasteiger partial charge in [0, 0.05) is 13.6 Å². The highest BCUT2D eigenvalue weighted by atomic mass is 32.2. The SMILES string of the molecule is CCN(C)C(=O)CSC(Cc1ccccc1)C(=O)O. The molecule has 0 aliphatic rings. The molecular formula is C14H19NO3S. The van der Waals surface area contributed by atoms with E-state index in [1.54, 1.807) is 11.9 Å². The zero-order chi connectivity index (χ0) is 14.3. The number of carbonyl (C=O) groups is 2. The van der Waals surface area contributed by atoms with Gasteiger partial charge >= 0.3 is 5.97 Å². The summed E-state index contributed by atoms with van der Waals surface area (Å²) in [5.41, 5.74) is 0.971. The van der Waals surface area contributed by atoms with E-state index in [2.05, 4.69) is 0 Å². The molecule has 5 heteroatoms. The number of aliphatic carboxylic acids is 1. The van der Waals surface area contributed by atoms with Crippen LogP contribution in [0.4, 0.5) is 0 Å². The predicted octanol–water partition coefficient (Wildman–Crippen LogP) is 1.89. The number of benzene rings is 1. The van der Waals surface area contributed by atoms with Crippen molar-refractivity contribution in [3.05, 3.63) is 35.9 Å². The maximum absolute atomic E-state index is 11.7. The van der Waals surface area contributed by atoms with E-state index in [9.17, 15) is 14.7 Å². The molecule has 4 nitrogen and oxygen atoms in total. The van der Waals surface area contributed by atoms with E-state index in [1.807, 2.05) is 37.3 Å². The molecule has 19 heavy (non-hydrogen) atoms. The van der Waals surface area contributed by atoms with Gasteiger partial charge in [-0.05, 0) is 18.9 Å². The fourth-order valence-electron chi connectivity index (χ4n) is 1.50. The molecule has 1 rings (SSSR count). The van der Waals surface area contributed by atoms with E-state index in [4.69, 9.17) is 0 Å². The fourth-order valence-corrected chi connectivity index (χ4v) is 2.52. The standard InChI is InChI=1S/C14H19NO3S/c1-3-15(2)13(16)10-19-12(14(17)18)9-11-7-5-4-6-8-11/h4-8,12H,3,9-10H2,1-2H3,(H,17,18). The maximum atomic E-state index is 11.7. The number of thioether (sulfide) groups is 1. The molecular weight excluding hydrogens is 262 g/mol. The molecule has 0 saturated carbocycles. The number of hydrogen-bond acceptors (Lipinski definition) is 3. The molecule has 0 aliphatic carbocycles. The van der Waals surface area contributed by atoms with Gasteiger partial charge in [0.05, 0.1) is 5.75 Å². The van der Waals surface area contributed by atoms with E-state index in [1.165, 1.54) is 11.8 Å². The van der Waals surface area contributed by atoms with Crippen LogP contribution >= 0.6 is 11.8 Å². The molecule has 1 aromatic carbocycles. The van der Waals surface area contributed by atoms with Crippen molar-refractivity contribution < 1.29 is 14.7 Å². The Balaban J connectivity index is 2.55. The van der Waals surface area contributed by atoms with Crippen LogP contribution in [0.3, 0.4) is 0 Å². The molecule has 1 N–H and O–H groups in total. The van der Waals surface area contributed by atoms with Crippen molar-refractivity contribution in [3.63, 3.8) is 0 Å². The van der Waals surface area contributed by atoms with E-state index in [-0.39, 0.29) is 11.7 Å². The topological polar surface area (TPSA) is 57.6 Å². The third-order valence-corrected chi connectivity index (χ3v) is 4.03. The number of hydrogen-bond donors (Lipinski definition) is 1. The van der Waals surface area contributed by atoms with Gasteiger partial charge in [-0.25, -0.2) is 0 Å². The van der Waals surface area contributed by atoms with E-state index in [0.717, 1.165) is 5.56 Å². The van der Waals surface area contributed by atoms with Crippen LogP contribution in [0.5, 0.6) is 0 Å². The van der Waals surface area contributed by atoms with Gasteiger partial charge in [-0.3, -0.25) is 9.59 Å². The van der Waals surface area contributed by atoms with Gasteiger partial charge in [0.15, 0.2) is 0 Å². The van der Waals surface area contributed by atoms with Crippen LogP contribution in [-0.4, -0.2) is 46.5 Å². The number of carboxylic acids is 1. The van der Waals surface area contributed by atoms with E-state index < -0.39 is 11.2 Å². The number of amides is 1. The first kappa shape index (κ1) is 15.6. The summed E-state index contributed by atoms with van der Waals surface area (Å²) in [6, 6.07) is 9.46. The van der Waals surface area contributed by atoms with Crippen LogP contribution in [0.15, 0.2) is 30.3 Å². The average Bonchev–Trinajstić information content (AvgIpc) is 2.42. The van der Waals surface area contributed by atoms with Crippen LogP contribution in [0.1, 0.15) is 12.5 Å². The van der Waals surface area contributed by atoms with Gasteiger partial charge in [0.25, 0.3) is 0 Å². The van der Waals surface area contributed by atoms with Crippen molar-refractivity contribution >= 4 is 23.6 Å². The van der Waals surface area contributed by atoms with Crippen molar-refractivity contribution in [3.8, 4) is 0 Å². The van der Waals surface area contributed by atoms with Crippen molar-refractivity contribution in [2.24, 2.45) is 0 Å². The Kier molecular flexibility index (Phi) is 6.42. The second-order valence-electron chi connectivity index (χ2n) is 4.24. The molecule has 0 saturated heterocycles. The number of carboxylic acid groups (broad SMARTS) is 1. The molecule has 104 valence electrons. The highest BCUT2D eigenvalue weighted by Gasteiger charge is 2.20. The fraction of sp³-hybridized carbons (Fsp3) is 0.429. The molecule has 1 amide bonds. The monoisotopic (exact) mass is 281 g/mol. The highest BCUT2D eigenvalue weighted by molar-refractivity contribution is 8.01. The molecule has 0 bridgehead atoms. The van der Waals surface area contributed by atoms with E-state index >= 15 is 0 Å². The van der Waals surface area contributed by atoms with Crippen molar-refractivity contribution in [2.45, 2.75) is 18.6 Å². The molecule has 0 aliphatic heterocycles. The lowest BCUT2D eigenvalue weighted by atomic mass is 10.1. The molecule has 0 radical (unpaired) electrons. The number of rotatable bonds is 7. The summed E-state index contributed by atoms with van der Waals surface area (Å²) < 4.78 is 0. The molecule has 0 aromatic heterocycles. The van der Waals surface area contributed by atoms with Gasteiger partial charge in [0.2, 0.25) is 5.91 Å². The number of nitrogens with zero attached hydrogens (tertiary/aromatic N) is 1. The summed E-state index contributed by atoms with van der Waals surface area (Å²) in [6.07, 6.45) is 0.434. The Bertz CT molecular complexity index is 422. The Labute approximate surface area is 117 Å². The first-order chi connectivity index (χ1) is 9.04. The largest absolute Gasteiger partial charge is 0.480 e. The van der Waals surface area contributed by atoms with Gasteiger partial charge in [-0.2, -0.15) is 0 Å². The quantitative estimate of drug-likeness (QED) is 0.829. The zero-order valence-corrected chi connectivity index (χ0v) is 12.0. The minimum absolute atomic E-state index is 0.0354. The van der Waals surface area contributed by atoms with E-state index in [0.29, 0.717) is 13.0 Å². The normalized spacial score (nSPS) is 11.9. The van der Waals surface area contributed by atoms with Crippen molar-refractivity contribution in [1.29, 1.82) is 0 Å². The Hall–Kier alpha value is -1.49. The summed E-state index contributed by atoms with van der Waals surface area (Å²) in [4.78, 5) is 24.5. The van der Waals surface area contributed by atoms with Gasteiger partial charge in [-0.1, -0.05) is 30.3 Å².